The number of nitrogens with one attached hydrogen (secondary N) is 1. The Balaban J connectivity index is 1.75. The molecule has 1 atom stereocenters. The molecule has 1 fully saturated rings. The van der Waals surface area contributed by atoms with Crippen LogP contribution in [0.4, 0.5) is 4.39 Å². The summed E-state index contributed by atoms with van der Waals surface area (Å²) in [5.41, 5.74) is 2.19. The number of aryl methyl sites for hydroxylation is 2. The fourth-order valence-electron chi connectivity index (χ4n) is 3.80. The minimum Gasteiger partial charge on any atom is -0.396 e. The van der Waals surface area contributed by atoms with E-state index in [9.17, 15) is 19.1 Å². The van der Waals surface area contributed by atoms with Gasteiger partial charge in [0.1, 0.15) is 11.4 Å². The number of nitrogens with zero attached hydrogens (tertiary/aromatic N) is 2. The Labute approximate surface area is 163 Å². The van der Waals surface area contributed by atoms with E-state index in [1.807, 2.05) is 0 Å². The molecule has 0 radical (unpaired) electrons. The van der Waals surface area contributed by atoms with Crippen molar-refractivity contribution in [1.29, 1.82) is 0 Å². The summed E-state index contributed by atoms with van der Waals surface area (Å²) in [6.07, 6.45) is 0.522. The van der Waals surface area contributed by atoms with Gasteiger partial charge in [0.05, 0.1) is 0 Å². The molecule has 1 aromatic carbocycles. The van der Waals surface area contributed by atoms with Crippen molar-refractivity contribution in [2.24, 2.45) is 0 Å². The lowest BCUT2D eigenvalue weighted by Gasteiger charge is -2.41. The highest BCUT2D eigenvalue weighted by atomic mass is 19.1. The van der Waals surface area contributed by atoms with Crippen molar-refractivity contribution in [3.63, 3.8) is 0 Å². The van der Waals surface area contributed by atoms with Crippen molar-refractivity contribution in [2.45, 2.75) is 32.9 Å². The fraction of sp³-hybridized carbons (Fsp3) is 0.429. The van der Waals surface area contributed by atoms with Crippen LogP contribution in [0.15, 0.2) is 35.1 Å². The molecule has 6 nitrogen and oxygen atoms in total. The molecular formula is C21H26FN3O3. The minimum absolute atomic E-state index is 0.0107. The van der Waals surface area contributed by atoms with Crippen LogP contribution in [-0.4, -0.2) is 58.1 Å². The maximum atomic E-state index is 13.1. The number of aromatic amines is 1. The zero-order valence-corrected chi connectivity index (χ0v) is 16.2. The van der Waals surface area contributed by atoms with E-state index >= 15 is 0 Å². The molecule has 0 saturated carbocycles. The predicted molar refractivity (Wildman–Crippen MR) is 105 cm³/mol. The van der Waals surface area contributed by atoms with Crippen molar-refractivity contribution >= 4 is 5.91 Å². The summed E-state index contributed by atoms with van der Waals surface area (Å²) in [7, 11) is 0. The summed E-state index contributed by atoms with van der Waals surface area (Å²) in [5, 5.41) is 9.46. The van der Waals surface area contributed by atoms with Crippen molar-refractivity contribution in [3.05, 3.63) is 68.9 Å². The zero-order chi connectivity index (χ0) is 20.3. The van der Waals surface area contributed by atoms with Crippen LogP contribution in [0.3, 0.4) is 0 Å². The number of pyridine rings is 1. The average molecular weight is 387 g/mol. The van der Waals surface area contributed by atoms with E-state index in [1.54, 1.807) is 30.9 Å². The van der Waals surface area contributed by atoms with Crippen molar-refractivity contribution in [2.75, 3.05) is 26.2 Å². The summed E-state index contributed by atoms with van der Waals surface area (Å²) >= 11 is 0. The van der Waals surface area contributed by atoms with Crippen LogP contribution < -0.4 is 5.43 Å². The number of aliphatic hydroxyl groups excluding tert-OH is 1. The number of aromatic nitrogens is 1. The minimum atomic E-state index is -0.275. The lowest BCUT2D eigenvalue weighted by atomic mass is 10.0. The third kappa shape index (κ3) is 4.48. The van der Waals surface area contributed by atoms with Gasteiger partial charge in [0.2, 0.25) is 0 Å². The van der Waals surface area contributed by atoms with Gasteiger partial charge >= 0.3 is 0 Å². The van der Waals surface area contributed by atoms with Crippen molar-refractivity contribution in [3.8, 4) is 0 Å². The van der Waals surface area contributed by atoms with Gasteiger partial charge in [0.25, 0.3) is 5.91 Å². The summed E-state index contributed by atoms with van der Waals surface area (Å²) in [6, 6.07) is 7.77. The number of carbonyl (C=O) groups excluding carboxylic acids is 1. The van der Waals surface area contributed by atoms with Gasteiger partial charge in [-0.1, -0.05) is 12.1 Å². The number of amides is 1. The first-order valence-electron chi connectivity index (χ1n) is 9.48. The van der Waals surface area contributed by atoms with Crippen LogP contribution in [0.5, 0.6) is 0 Å². The van der Waals surface area contributed by atoms with Gasteiger partial charge in [-0.2, -0.15) is 0 Å². The number of hydrogen-bond donors (Lipinski definition) is 2. The van der Waals surface area contributed by atoms with Gasteiger partial charge in [0, 0.05) is 56.3 Å². The Kier molecular flexibility index (Phi) is 6.26. The van der Waals surface area contributed by atoms with E-state index in [4.69, 9.17) is 0 Å². The molecule has 1 aliphatic rings. The molecule has 0 aliphatic carbocycles. The second-order valence-electron chi connectivity index (χ2n) is 7.33. The number of rotatable bonds is 5. The second kappa shape index (κ2) is 8.67. The standard InChI is InChI=1S/C21H26FN3O3/c1-14-11-19(27)20(15(2)23-14)21(28)25-9-8-24(18(13-25)7-10-26)12-16-3-5-17(22)6-4-16/h3-6,11,18,26H,7-10,12-13H2,1-2H3,(H,23,27). The molecule has 1 saturated heterocycles. The van der Waals surface area contributed by atoms with E-state index < -0.39 is 0 Å². The Morgan fingerprint density at radius 3 is 2.61 bits per heavy atom. The molecule has 3 rings (SSSR count). The second-order valence-corrected chi connectivity index (χ2v) is 7.33. The van der Waals surface area contributed by atoms with E-state index in [1.165, 1.54) is 18.2 Å². The normalized spacial score (nSPS) is 17.7. The highest BCUT2D eigenvalue weighted by Gasteiger charge is 2.31. The van der Waals surface area contributed by atoms with Crippen LogP contribution in [0.1, 0.15) is 33.7 Å². The van der Waals surface area contributed by atoms with Gasteiger partial charge in [0.15, 0.2) is 5.43 Å². The lowest BCUT2D eigenvalue weighted by Crippen LogP contribution is -2.55. The van der Waals surface area contributed by atoms with Crippen LogP contribution in [0.2, 0.25) is 0 Å². The predicted octanol–water partition coefficient (Wildman–Crippen LogP) is 1.84. The molecule has 2 heterocycles. The van der Waals surface area contributed by atoms with Gasteiger partial charge in [-0.3, -0.25) is 14.5 Å². The van der Waals surface area contributed by atoms with E-state index in [-0.39, 0.29) is 35.4 Å². The Morgan fingerprint density at radius 2 is 1.96 bits per heavy atom. The van der Waals surface area contributed by atoms with Gasteiger partial charge < -0.3 is 15.0 Å². The number of benzene rings is 1. The summed E-state index contributed by atoms with van der Waals surface area (Å²) in [5.74, 6) is -0.548. The molecule has 2 N–H and O–H groups in total. The Morgan fingerprint density at radius 1 is 1.25 bits per heavy atom. The lowest BCUT2D eigenvalue weighted by molar-refractivity contribution is 0.0393. The largest absolute Gasteiger partial charge is 0.396 e. The van der Waals surface area contributed by atoms with Gasteiger partial charge in [-0.25, -0.2) is 4.39 Å². The van der Waals surface area contributed by atoms with Crippen LogP contribution in [0, 0.1) is 19.7 Å². The van der Waals surface area contributed by atoms with Crippen molar-refractivity contribution in [1.82, 2.24) is 14.8 Å². The Hall–Kier alpha value is -2.51. The maximum absolute atomic E-state index is 13.1. The first-order valence-corrected chi connectivity index (χ1v) is 9.48. The molecular weight excluding hydrogens is 361 g/mol. The molecule has 28 heavy (non-hydrogen) atoms. The van der Waals surface area contributed by atoms with Gasteiger partial charge in [-0.15, -0.1) is 0 Å². The smallest absolute Gasteiger partial charge is 0.259 e. The van der Waals surface area contributed by atoms with Crippen LogP contribution in [-0.2, 0) is 6.54 Å². The monoisotopic (exact) mass is 387 g/mol. The topological polar surface area (TPSA) is 76.6 Å². The Bertz CT molecular complexity index is 895. The van der Waals surface area contributed by atoms with Crippen molar-refractivity contribution < 1.29 is 14.3 Å². The first-order chi connectivity index (χ1) is 13.4. The van der Waals surface area contributed by atoms with Crippen LogP contribution in [0.25, 0.3) is 0 Å². The highest BCUT2D eigenvalue weighted by Crippen LogP contribution is 2.19. The molecule has 0 spiro atoms. The molecule has 150 valence electrons. The maximum Gasteiger partial charge on any atom is 0.259 e. The average Bonchev–Trinajstić information content (AvgIpc) is 2.64. The SMILES string of the molecule is Cc1cc(=O)c(C(=O)N2CCN(Cc3ccc(F)cc3)C(CCO)C2)c(C)[nH]1. The summed E-state index contributed by atoms with van der Waals surface area (Å²) in [6.45, 7) is 5.71. The molecule has 1 aromatic heterocycles. The fourth-order valence-corrected chi connectivity index (χ4v) is 3.80. The molecule has 7 heteroatoms. The number of H-pyrrole nitrogens is 1. The molecule has 2 aromatic rings. The number of piperazine rings is 1. The third-order valence-electron chi connectivity index (χ3n) is 5.22. The summed E-state index contributed by atoms with van der Waals surface area (Å²) < 4.78 is 13.1. The number of carbonyl (C=O) groups is 1. The van der Waals surface area contributed by atoms with E-state index in [2.05, 4.69) is 9.88 Å². The van der Waals surface area contributed by atoms with E-state index in [0.717, 1.165) is 11.3 Å². The van der Waals surface area contributed by atoms with Crippen LogP contribution >= 0.6 is 0 Å². The quantitative estimate of drug-likeness (QED) is 0.821. The van der Waals surface area contributed by atoms with Gasteiger partial charge in [-0.05, 0) is 38.0 Å². The molecule has 1 aliphatic heterocycles. The molecule has 1 amide bonds. The number of aliphatic hydroxyl groups is 1. The molecule has 1 unspecified atom stereocenters. The number of hydrogen-bond acceptors (Lipinski definition) is 4. The zero-order valence-electron chi connectivity index (χ0n) is 16.2. The third-order valence-corrected chi connectivity index (χ3v) is 5.22. The van der Waals surface area contributed by atoms with E-state index in [0.29, 0.717) is 38.3 Å². The highest BCUT2D eigenvalue weighted by molar-refractivity contribution is 5.95. The summed E-state index contributed by atoms with van der Waals surface area (Å²) in [4.78, 5) is 32.3. The molecule has 0 bridgehead atoms. The number of halogens is 1. The first kappa shape index (κ1) is 20.2.